The van der Waals surface area contributed by atoms with Crippen molar-refractivity contribution in [2.75, 3.05) is 19.6 Å². The molecule has 0 amide bonds. The first-order valence-electron chi connectivity index (χ1n) is 7.54. The van der Waals surface area contributed by atoms with Crippen LogP contribution in [-0.2, 0) is 10.0 Å². The molecule has 116 valence electrons. The van der Waals surface area contributed by atoms with E-state index in [2.05, 4.69) is 5.32 Å². The summed E-state index contributed by atoms with van der Waals surface area (Å²) in [7, 11) is -3.45. The number of sulfonamides is 1. The molecule has 3 rings (SSSR count). The average Bonchev–Trinajstić information content (AvgIpc) is 2.49. The van der Waals surface area contributed by atoms with Crippen LogP contribution in [0.25, 0.3) is 0 Å². The molecule has 21 heavy (non-hydrogen) atoms. The summed E-state index contributed by atoms with van der Waals surface area (Å²) < 4.78 is 27.8. The quantitative estimate of drug-likeness (QED) is 0.908. The van der Waals surface area contributed by atoms with E-state index in [1.807, 2.05) is 0 Å². The van der Waals surface area contributed by atoms with Crippen LogP contribution in [0.15, 0.2) is 29.2 Å². The highest BCUT2D eigenvalue weighted by molar-refractivity contribution is 7.89. The van der Waals surface area contributed by atoms with Gasteiger partial charge in [-0.05, 0) is 37.1 Å². The van der Waals surface area contributed by atoms with Crippen molar-refractivity contribution in [3.8, 4) is 0 Å². The SMILES string of the molecule is O=S(=O)(c1ccc(Cl)cc1)N1CCNCC12CCCCC2. The van der Waals surface area contributed by atoms with Crippen molar-refractivity contribution >= 4 is 21.6 Å². The van der Waals surface area contributed by atoms with Crippen LogP contribution in [0.4, 0.5) is 0 Å². The number of halogens is 1. The van der Waals surface area contributed by atoms with E-state index in [9.17, 15) is 8.42 Å². The fraction of sp³-hybridized carbons (Fsp3) is 0.600. The predicted molar refractivity (Wildman–Crippen MR) is 84.0 cm³/mol. The largest absolute Gasteiger partial charge is 0.314 e. The fourth-order valence-corrected chi connectivity index (χ4v) is 5.52. The van der Waals surface area contributed by atoms with Crippen LogP contribution < -0.4 is 5.32 Å². The topological polar surface area (TPSA) is 49.4 Å². The summed E-state index contributed by atoms with van der Waals surface area (Å²) in [5.41, 5.74) is -0.241. The highest BCUT2D eigenvalue weighted by Gasteiger charge is 2.45. The van der Waals surface area contributed by atoms with Crippen molar-refractivity contribution in [1.29, 1.82) is 0 Å². The lowest BCUT2D eigenvalue weighted by Gasteiger charge is -2.48. The third-order valence-electron chi connectivity index (χ3n) is 4.66. The summed E-state index contributed by atoms with van der Waals surface area (Å²) in [6.45, 7) is 2.03. The Kier molecular flexibility index (Phi) is 4.28. The zero-order valence-corrected chi connectivity index (χ0v) is 13.6. The van der Waals surface area contributed by atoms with Crippen LogP contribution in [0, 0.1) is 0 Å². The van der Waals surface area contributed by atoms with Crippen molar-refractivity contribution in [2.45, 2.75) is 42.5 Å². The second-order valence-electron chi connectivity index (χ2n) is 5.99. The molecule has 1 aliphatic carbocycles. The number of benzene rings is 1. The Morgan fingerprint density at radius 3 is 2.43 bits per heavy atom. The first kappa shape index (κ1) is 15.3. The van der Waals surface area contributed by atoms with Gasteiger partial charge in [0, 0.05) is 30.2 Å². The van der Waals surface area contributed by atoms with Gasteiger partial charge in [-0.25, -0.2) is 8.42 Å². The molecule has 1 saturated carbocycles. The number of nitrogens with one attached hydrogen (secondary N) is 1. The van der Waals surface area contributed by atoms with Gasteiger partial charge in [-0.2, -0.15) is 4.31 Å². The van der Waals surface area contributed by atoms with E-state index in [0.717, 1.165) is 32.2 Å². The molecule has 1 saturated heterocycles. The Hall–Kier alpha value is -0.620. The molecule has 1 spiro atoms. The summed E-state index contributed by atoms with van der Waals surface area (Å²) in [5.74, 6) is 0. The summed E-state index contributed by atoms with van der Waals surface area (Å²) in [4.78, 5) is 0.346. The van der Waals surface area contributed by atoms with Crippen molar-refractivity contribution in [3.63, 3.8) is 0 Å². The standard InChI is InChI=1S/C15H21ClN2O2S/c16-13-4-6-14(7-5-13)21(19,20)18-11-10-17-12-15(18)8-2-1-3-9-15/h4-7,17H,1-3,8-12H2. The maximum Gasteiger partial charge on any atom is 0.243 e. The third-order valence-corrected chi connectivity index (χ3v) is 6.93. The van der Waals surface area contributed by atoms with Gasteiger partial charge in [0.05, 0.1) is 4.90 Å². The van der Waals surface area contributed by atoms with Gasteiger partial charge >= 0.3 is 0 Å². The van der Waals surface area contributed by atoms with Gasteiger partial charge in [-0.1, -0.05) is 30.9 Å². The second kappa shape index (κ2) is 5.88. The number of hydrogen-bond donors (Lipinski definition) is 1. The average molecular weight is 329 g/mol. The maximum absolute atomic E-state index is 13.0. The van der Waals surface area contributed by atoms with E-state index >= 15 is 0 Å². The van der Waals surface area contributed by atoms with Crippen molar-refractivity contribution in [3.05, 3.63) is 29.3 Å². The fourth-order valence-electron chi connectivity index (χ4n) is 3.57. The molecule has 0 unspecified atom stereocenters. The van der Waals surface area contributed by atoms with E-state index in [0.29, 0.717) is 23.0 Å². The second-order valence-corrected chi connectivity index (χ2v) is 8.29. The number of hydrogen-bond acceptors (Lipinski definition) is 3. The molecule has 6 heteroatoms. The van der Waals surface area contributed by atoms with Crippen LogP contribution in [0.2, 0.25) is 5.02 Å². The Morgan fingerprint density at radius 1 is 1.10 bits per heavy atom. The highest BCUT2D eigenvalue weighted by Crippen LogP contribution is 2.38. The number of piperazine rings is 1. The third kappa shape index (κ3) is 2.84. The first-order chi connectivity index (χ1) is 10.0. The molecule has 1 aliphatic heterocycles. The summed E-state index contributed by atoms with van der Waals surface area (Å²) in [6, 6.07) is 6.50. The number of rotatable bonds is 2. The lowest BCUT2D eigenvalue weighted by atomic mass is 9.80. The molecule has 1 N–H and O–H groups in total. The summed E-state index contributed by atoms with van der Waals surface area (Å²) >= 11 is 5.87. The van der Waals surface area contributed by atoms with Crippen molar-refractivity contribution in [1.82, 2.24) is 9.62 Å². The molecule has 0 radical (unpaired) electrons. The van der Waals surface area contributed by atoms with Crippen LogP contribution >= 0.6 is 11.6 Å². The molecule has 0 bridgehead atoms. The Morgan fingerprint density at radius 2 is 1.76 bits per heavy atom. The van der Waals surface area contributed by atoms with Gasteiger partial charge < -0.3 is 5.32 Å². The molecular weight excluding hydrogens is 308 g/mol. The van der Waals surface area contributed by atoms with E-state index in [-0.39, 0.29) is 5.54 Å². The van der Waals surface area contributed by atoms with Gasteiger partial charge in [0.1, 0.15) is 0 Å². The first-order valence-corrected chi connectivity index (χ1v) is 9.36. The molecule has 0 aromatic heterocycles. The monoisotopic (exact) mass is 328 g/mol. The molecule has 1 heterocycles. The molecule has 2 fully saturated rings. The van der Waals surface area contributed by atoms with Gasteiger partial charge in [0.25, 0.3) is 0 Å². The molecule has 1 aromatic rings. The molecule has 2 aliphatic rings. The van der Waals surface area contributed by atoms with Crippen molar-refractivity contribution < 1.29 is 8.42 Å². The van der Waals surface area contributed by atoms with Gasteiger partial charge in [-0.3, -0.25) is 0 Å². The zero-order valence-electron chi connectivity index (χ0n) is 12.0. The lowest BCUT2D eigenvalue weighted by molar-refractivity contribution is 0.101. The van der Waals surface area contributed by atoms with E-state index in [1.54, 1.807) is 28.6 Å². The Labute approximate surface area is 131 Å². The van der Waals surface area contributed by atoms with Crippen LogP contribution in [0.3, 0.4) is 0 Å². The van der Waals surface area contributed by atoms with E-state index < -0.39 is 10.0 Å². The maximum atomic E-state index is 13.0. The lowest BCUT2D eigenvalue weighted by Crippen LogP contribution is -2.63. The molecule has 0 atom stereocenters. The Balaban J connectivity index is 1.97. The van der Waals surface area contributed by atoms with Gasteiger partial charge in [0.2, 0.25) is 10.0 Å². The van der Waals surface area contributed by atoms with Crippen LogP contribution in [0.5, 0.6) is 0 Å². The highest BCUT2D eigenvalue weighted by atomic mass is 35.5. The predicted octanol–water partition coefficient (Wildman–Crippen LogP) is 2.64. The smallest absolute Gasteiger partial charge is 0.243 e. The minimum atomic E-state index is -3.45. The Bertz CT molecular complexity index is 586. The molecule has 4 nitrogen and oxygen atoms in total. The summed E-state index contributed by atoms with van der Waals surface area (Å²) in [5, 5.41) is 3.94. The van der Waals surface area contributed by atoms with Crippen LogP contribution in [0.1, 0.15) is 32.1 Å². The van der Waals surface area contributed by atoms with Gasteiger partial charge in [0.15, 0.2) is 0 Å². The summed E-state index contributed by atoms with van der Waals surface area (Å²) in [6.07, 6.45) is 5.32. The van der Waals surface area contributed by atoms with E-state index in [4.69, 9.17) is 11.6 Å². The molecule has 1 aromatic carbocycles. The zero-order chi connectivity index (χ0) is 14.9. The van der Waals surface area contributed by atoms with Crippen molar-refractivity contribution in [2.24, 2.45) is 0 Å². The minimum absolute atomic E-state index is 0.241. The normalized spacial score (nSPS) is 23.3. The number of nitrogens with zero attached hydrogens (tertiary/aromatic N) is 1. The minimum Gasteiger partial charge on any atom is -0.314 e. The van der Waals surface area contributed by atoms with Crippen LogP contribution in [-0.4, -0.2) is 37.9 Å². The van der Waals surface area contributed by atoms with E-state index in [1.165, 1.54) is 6.42 Å². The van der Waals surface area contributed by atoms with Gasteiger partial charge in [-0.15, -0.1) is 0 Å². The molecular formula is C15H21ClN2O2S.